The molecule has 1 aliphatic carbocycles. The number of aromatic nitrogens is 1. The molecule has 6 heteroatoms. The molecule has 0 aromatic carbocycles. The van der Waals surface area contributed by atoms with E-state index in [4.69, 9.17) is 4.74 Å². The van der Waals surface area contributed by atoms with E-state index < -0.39 is 23.4 Å². The fourth-order valence-electron chi connectivity index (χ4n) is 2.29. The van der Waals surface area contributed by atoms with Gasteiger partial charge in [-0.2, -0.15) is 0 Å². The van der Waals surface area contributed by atoms with Gasteiger partial charge in [0, 0.05) is 12.6 Å². The molecule has 0 aliphatic heterocycles. The van der Waals surface area contributed by atoms with Crippen molar-refractivity contribution in [2.45, 2.75) is 38.6 Å². The summed E-state index contributed by atoms with van der Waals surface area (Å²) in [5.41, 5.74) is -0.490. The Balaban J connectivity index is 2.39. The van der Waals surface area contributed by atoms with Crippen LogP contribution in [0.1, 0.15) is 37.8 Å². The summed E-state index contributed by atoms with van der Waals surface area (Å²) in [6.07, 6.45) is 4.47. The van der Waals surface area contributed by atoms with Gasteiger partial charge < -0.3 is 9.53 Å². The van der Waals surface area contributed by atoms with Gasteiger partial charge in [0.25, 0.3) is 5.56 Å². The van der Waals surface area contributed by atoms with Gasteiger partial charge in [0.05, 0.1) is 6.61 Å². The largest absolute Gasteiger partial charge is 0.464 e. The summed E-state index contributed by atoms with van der Waals surface area (Å²) in [5.74, 6) is -1.13. The van der Waals surface area contributed by atoms with E-state index in [1.807, 2.05) is 0 Å². The van der Waals surface area contributed by atoms with Crippen LogP contribution in [0, 0.1) is 11.7 Å². The highest BCUT2D eigenvalue weighted by molar-refractivity contribution is 5.74. The van der Waals surface area contributed by atoms with E-state index in [-0.39, 0.29) is 13.0 Å². The summed E-state index contributed by atoms with van der Waals surface area (Å²) in [6.45, 7) is 1.88. The van der Waals surface area contributed by atoms with Crippen LogP contribution in [0.5, 0.6) is 0 Å². The summed E-state index contributed by atoms with van der Waals surface area (Å²) in [7, 11) is 0. The molecule has 1 aromatic rings. The third-order valence-electron chi connectivity index (χ3n) is 3.52. The number of halogens is 1. The standard InChI is InChI=1S/C15H18FNO4/c1-2-21-15(20)13(8-10-3-4-10)17-9-11(5-6-18)7-12(16)14(17)19/h6-7,9-10,13H,2-5,8H2,1H3. The first kappa shape index (κ1) is 15.4. The molecule has 21 heavy (non-hydrogen) atoms. The average molecular weight is 295 g/mol. The second-order valence-electron chi connectivity index (χ2n) is 5.23. The Hall–Kier alpha value is -1.98. The molecule has 5 nitrogen and oxygen atoms in total. The van der Waals surface area contributed by atoms with E-state index in [0.717, 1.165) is 23.5 Å². The lowest BCUT2D eigenvalue weighted by Gasteiger charge is -2.19. The van der Waals surface area contributed by atoms with Crippen LogP contribution in [0.25, 0.3) is 0 Å². The first-order chi connectivity index (χ1) is 10.1. The zero-order chi connectivity index (χ0) is 15.4. The van der Waals surface area contributed by atoms with Gasteiger partial charge in [-0.3, -0.25) is 9.36 Å². The Morgan fingerprint density at radius 2 is 2.29 bits per heavy atom. The predicted octanol–water partition coefficient (Wildman–Crippen LogP) is 1.63. The number of carbonyl (C=O) groups excluding carboxylic acids is 2. The van der Waals surface area contributed by atoms with Crippen LogP contribution in [-0.4, -0.2) is 23.4 Å². The van der Waals surface area contributed by atoms with Crippen LogP contribution in [0.3, 0.4) is 0 Å². The van der Waals surface area contributed by atoms with Crippen LogP contribution in [0.2, 0.25) is 0 Å². The number of carbonyl (C=O) groups is 2. The van der Waals surface area contributed by atoms with Crippen LogP contribution in [0.4, 0.5) is 4.39 Å². The van der Waals surface area contributed by atoms with Crippen molar-refractivity contribution in [3.05, 3.63) is 34.0 Å². The average Bonchev–Trinajstić information content (AvgIpc) is 3.25. The summed E-state index contributed by atoms with van der Waals surface area (Å²) in [6, 6.07) is 0.207. The molecular weight excluding hydrogens is 277 g/mol. The summed E-state index contributed by atoms with van der Waals surface area (Å²) in [5, 5.41) is 0. The van der Waals surface area contributed by atoms with Crippen molar-refractivity contribution in [1.29, 1.82) is 0 Å². The lowest BCUT2D eigenvalue weighted by Crippen LogP contribution is -2.33. The minimum absolute atomic E-state index is 0.00380. The maximum atomic E-state index is 13.7. The van der Waals surface area contributed by atoms with Gasteiger partial charge >= 0.3 is 5.97 Å². The van der Waals surface area contributed by atoms with E-state index >= 15 is 0 Å². The van der Waals surface area contributed by atoms with Crippen LogP contribution in [0.15, 0.2) is 17.1 Å². The van der Waals surface area contributed by atoms with Gasteiger partial charge in [0.15, 0.2) is 5.82 Å². The highest BCUT2D eigenvalue weighted by atomic mass is 19.1. The first-order valence-corrected chi connectivity index (χ1v) is 7.07. The second-order valence-corrected chi connectivity index (χ2v) is 5.23. The van der Waals surface area contributed by atoms with Gasteiger partial charge in [-0.05, 0) is 30.9 Å². The molecular formula is C15H18FNO4. The molecule has 0 saturated heterocycles. The maximum absolute atomic E-state index is 13.7. The summed E-state index contributed by atoms with van der Waals surface area (Å²) in [4.78, 5) is 34.6. The molecule has 1 unspecified atom stereocenters. The fraction of sp³-hybridized carbons (Fsp3) is 0.533. The van der Waals surface area contributed by atoms with Gasteiger partial charge in [0.1, 0.15) is 12.3 Å². The number of pyridine rings is 1. The number of esters is 1. The Kier molecular flexibility index (Phi) is 4.88. The lowest BCUT2D eigenvalue weighted by molar-refractivity contribution is -0.147. The van der Waals surface area contributed by atoms with E-state index in [1.54, 1.807) is 6.92 Å². The van der Waals surface area contributed by atoms with Crippen molar-refractivity contribution in [1.82, 2.24) is 4.57 Å². The molecule has 1 atom stereocenters. The quantitative estimate of drug-likeness (QED) is 0.566. The maximum Gasteiger partial charge on any atom is 0.329 e. The third-order valence-corrected chi connectivity index (χ3v) is 3.52. The fourth-order valence-corrected chi connectivity index (χ4v) is 2.29. The third kappa shape index (κ3) is 3.77. The minimum Gasteiger partial charge on any atom is -0.464 e. The molecule has 1 fully saturated rings. The van der Waals surface area contributed by atoms with Gasteiger partial charge in [-0.25, -0.2) is 9.18 Å². The topological polar surface area (TPSA) is 65.4 Å². The molecule has 0 bridgehead atoms. The number of nitrogens with zero attached hydrogens (tertiary/aromatic N) is 1. The van der Waals surface area contributed by atoms with E-state index in [9.17, 15) is 18.8 Å². The number of rotatable bonds is 7. The van der Waals surface area contributed by atoms with Gasteiger partial charge in [0.2, 0.25) is 0 Å². The van der Waals surface area contributed by atoms with E-state index in [0.29, 0.717) is 24.2 Å². The molecule has 2 rings (SSSR count). The van der Waals surface area contributed by atoms with Crippen molar-refractivity contribution in [2.75, 3.05) is 6.61 Å². The predicted molar refractivity (Wildman–Crippen MR) is 73.4 cm³/mol. The van der Waals surface area contributed by atoms with Gasteiger partial charge in [-0.1, -0.05) is 12.8 Å². The highest BCUT2D eigenvalue weighted by Crippen LogP contribution is 2.37. The molecule has 114 valence electrons. The minimum atomic E-state index is -0.959. The Labute approximate surface area is 121 Å². The zero-order valence-electron chi connectivity index (χ0n) is 11.9. The number of ether oxygens (including phenoxy) is 1. The molecule has 1 aromatic heterocycles. The zero-order valence-corrected chi connectivity index (χ0v) is 11.9. The van der Waals surface area contributed by atoms with Crippen molar-refractivity contribution >= 4 is 12.3 Å². The Bertz CT molecular complexity index is 592. The summed E-state index contributed by atoms with van der Waals surface area (Å²) >= 11 is 0. The monoisotopic (exact) mass is 295 g/mol. The Morgan fingerprint density at radius 3 is 2.86 bits per heavy atom. The Morgan fingerprint density at radius 1 is 1.57 bits per heavy atom. The van der Waals surface area contributed by atoms with Crippen LogP contribution >= 0.6 is 0 Å². The molecule has 1 saturated carbocycles. The lowest BCUT2D eigenvalue weighted by atomic mass is 10.1. The van der Waals surface area contributed by atoms with Crippen molar-refractivity contribution in [2.24, 2.45) is 5.92 Å². The normalized spacial score (nSPS) is 15.5. The van der Waals surface area contributed by atoms with Crippen molar-refractivity contribution in [3.63, 3.8) is 0 Å². The molecule has 0 radical (unpaired) electrons. The van der Waals surface area contributed by atoms with Crippen molar-refractivity contribution in [3.8, 4) is 0 Å². The van der Waals surface area contributed by atoms with E-state index in [2.05, 4.69) is 0 Å². The molecule has 0 amide bonds. The number of aldehydes is 1. The first-order valence-electron chi connectivity index (χ1n) is 7.07. The molecule has 1 heterocycles. The van der Waals surface area contributed by atoms with Crippen molar-refractivity contribution < 1.29 is 18.7 Å². The molecule has 0 N–H and O–H groups in total. The summed E-state index contributed by atoms with van der Waals surface area (Å²) < 4.78 is 19.8. The number of hydrogen-bond donors (Lipinski definition) is 0. The number of hydrogen-bond acceptors (Lipinski definition) is 4. The SMILES string of the molecule is CCOC(=O)C(CC1CC1)n1cc(CC=O)cc(F)c1=O. The van der Waals surface area contributed by atoms with Crippen LogP contribution in [-0.2, 0) is 20.7 Å². The smallest absolute Gasteiger partial charge is 0.329 e. The highest BCUT2D eigenvalue weighted by Gasteiger charge is 2.32. The van der Waals surface area contributed by atoms with E-state index in [1.165, 1.54) is 6.20 Å². The molecule has 1 aliphatic rings. The second kappa shape index (κ2) is 6.65. The van der Waals surface area contributed by atoms with Crippen LogP contribution < -0.4 is 5.56 Å². The molecule has 0 spiro atoms. The van der Waals surface area contributed by atoms with Gasteiger partial charge in [-0.15, -0.1) is 0 Å².